The second kappa shape index (κ2) is 6.04. The van der Waals surface area contributed by atoms with Gasteiger partial charge in [-0.1, -0.05) is 0 Å². The Labute approximate surface area is 132 Å². The van der Waals surface area contributed by atoms with Crippen molar-refractivity contribution in [3.8, 4) is 0 Å². The van der Waals surface area contributed by atoms with E-state index in [0.29, 0.717) is 19.0 Å². The number of aromatic nitrogens is 1. The lowest BCUT2D eigenvalue weighted by molar-refractivity contribution is -0.138. The Balaban J connectivity index is 0.00000176. The zero-order chi connectivity index (χ0) is 15.2. The number of halogens is 4. The minimum Gasteiger partial charge on any atom is -0.337 e. The maximum absolute atomic E-state index is 13.0. The predicted octanol–water partition coefficient (Wildman–Crippen LogP) is 2.33. The van der Waals surface area contributed by atoms with E-state index in [-0.39, 0.29) is 24.4 Å². The summed E-state index contributed by atoms with van der Waals surface area (Å²) in [7, 11) is 0. The molecule has 1 aromatic heterocycles. The van der Waals surface area contributed by atoms with Crippen LogP contribution in [0.15, 0.2) is 18.3 Å². The lowest BCUT2D eigenvalue weighted by Crippen LogP contribution is -2.35. The van der Waals surface area contributed by atoms with Gasteiger partial charge in [-0.15, -0.1) is 12.4 Å². The maximum atomic E-state index is 13.0. The zero-order valence-electron chi connectivity index (χ0n) is 11.7. The fourth-order valence-electron chi connectivity index (χ4n) is 3.43. The predicted molar refractivity (Wildman–Crippen MR) is 76.6 cm³/mol. The molecule has 3 atom stereocenters. The molecular formula is C14H17ClF3N3O. The topological polar surface area (TPSA) is 59.2 Å². The fourth-order valence-corrected chi connectivity index (χ4v) is 3.43. The number of hydrogen-bond donors (Lipinski definition) is 1. The van der Waals surface area contributed by atoms with E-state index in [1.54, 1.807) is 0 Å². The van der Waals surface area contributed by atoms with E-state index >= 15 is 0 Å². The molecule has 0 aromatic carbocycles. The van der Waals surface area contributed by atoms with Gasteiger partial charge < -0.3 is 10.6 Å². The number of nitrogens with zero attached hydrogens (tertiary/aromatic N) is 2. The first kappa shape index (κ1) is 17.0. The molecule has 1 saturated carbocycles. The van der Waals surface area contributed by atoms with Gasteiger partial charge in [0.25, 0.3) is 5.91 Å². The second-order valence-electron chi connectivity index (χ2n) is 5.77. The highest BCUT2D eigenvalue weighted by Crippen LogP contribution is 2.38. The lowest BCUT2D eigenvalue weighted by Gasteiger charge is -2.20. The Morgan fingerprint density at radius 1 is 1.32 bits per heavy atom. The van der Waals surface area contributed by atoms with Crippen molar-refractivity contribution in [3.63, 3.8) is 0 Å². The number of hydrogen-bond acceptors (Lipinski definition) is 3. The van der Waals surface area contributed by atoms with Gasteiger partial charge in [0, 0.05) is 25.3 Å². The number of fused-ring (bicyclic) bond motifs is 1. The highest BCUT2D eigenvalue weighted by Gasteiger charge is 2.44. The monoisotopic (exact) mass is 335 g/mol. The van der Waals surface area contributed by atoms with Crippen LogP contribution >= 0.6 is 12.4 Å². The third-order valence-corrected chi connectivity index (χ3v) is 4.52. The zero-order valence-corrected chi connectivity index (χ0v) is 12.5. The molecule has 1 aliphatic carbocycles. The SMILES string of the molecule is Cl.NC1CCC2CN(C(=O)c3ncccc3C(F)(F)F)CC12. The van der Waals surface area contributed by atoms with Crippen molar-refractivity contribution in [2.45, 2.75) is 25.1 Å². The summed E-state index contributed by atoms with van der Waals surface area (Å²) >= 11 is 0. The van der Waals surface area contributed by atoms with E-state index in [0.717, 1.165) is 18.9 Å². The van der Waals surface area contributed by atoms with E-state index < -0.39 is 23.3 Å². The first-order valence-electron chi connectivity index (χ1n) is 6.95. The van der Waals surface area contributed by atoms with Gasteiger partial charge in [-0.25, -0.2) is 0 Å². The van der Waals surface area contributed by atoms with Gasteiger partial charge in [0.1, 0.15) is 5.69 Å². The average molecular weight is 336 g/mol. The number of alkyl halides is 3. The van der Waals surface area contributed by atoms with Crippen molar-refractivity contribution < 1.29 is 18.0 Å². The normalized spacial score (nSPS) is 27.5. The van der Waals surface area contributed by atoms with E-state index in [1.807, 2.05) is 0 Å². The minimum atomic E-state index is -4.58. The molecule has 122 valence electrons. The summed E-state index contributed by atoms with van der Waals surface area (Å²) in [6.45, 7) is 0.906. The molecule has 2 aliphatic rings. The molecule has 0 radical (unpaired) electrons. The summed E-state index contributed by atoms with van der Waals surface area (Å²) in [4.78, 5) is 17.5. The molecular weight excluding hydrogens is 319 g/mol. The molecule has 2 fully saturated rings. The minimum absolute atomic E-state index is 0. The van der Waals surface area contributed by atoms with Crippen LogP contribution in [-0.4, -0.2) is 34.9 Å². The van der Waals surface area contributed by atoms with Gasteiger partial charge in [-0.2, -0.15) is 13.2 Å². The number of amides is 1. The van der Waals surface area contributed by atoms with Gasteiger partial charge in [0.05, 0.1) is 5.56 Å². The standard InChI is InChI=1S/C14H16F3N3O.ClH/c15-14(16,17)10-2-1-5-19-12(10)13(21)20-6-8-3-4-11(18)9(8)7-20;/h1-2,5,8-9,11H,3-4,6-7,18H2;1H. The fraction of sp³-hybridized carbons (Fsp3) is 0.571. The molecule has 8 heteroatoms. The van der Waals surface area contributed by atoms with Crippen LogP contribution in [0.25, 0.3) is 0 Å². The number of pyridine rings is 1. The summed E-state index contributed by atoms with van der Waals surface area (Å²) in [5, 5.41) is 0. The van der Waals surface area contributed by atoms with Crippen LogP contribution in [0.5, 0.6) is 0 Å². The summed E-state index contributed by atoms with van der Waals surface area (Å²) in [5.41, 5.74) is 4.50. The van der Waals surface area contributed by atoms with Gasteiger partial charge in [-0.05, 0) is 36.8 Å². The quantitative estimate of drug-likeness (QED) is 0.857. The van der Waals surface area contributed by atoms with Crippen LogP contribution in [0.4, 0.5) is 13.2 Å². The van der Waals surface area contributed by atoms with Crippen molar-refractivity contribution in [1.82, 2.24) is 9.88 Å². The van der Waals surface area contributed by atoms with Crippen molar-refractivity contribution in [3.05, 3.63) is 29.6 Å². The molecule has 1 saturated heterocycles. The first-order valence-corrected chi connectivity index (χ1v) is 6.95. The molecule has 3 rings (SSSR count). The van der Waals surface area contributed by atoms with E-state index in [4.69, 9.17) is 5.73 Å². The van der Waals surface area contributed by atoms with Crippen molar-refractivity contribution in [1.29, 1.82) is 0 Å². The molecule has 4 nitrogen and oxygen atoms in total. The van der Waals surface area contributed by atoms with Gasteiger partial charge in [-0.3, -0.25) is 9.78 Å². The van der Waals surface area contributed by atoms with Gasteiger partial charge >= 0.3 is 6.18 Å². The number of likely N-dealkylation sites (tertiary alicyclic amines) is 1. The first-order chi connectivity index (χ1) is 9.88. The highest BCUT2D eigenvalue weighted by atomic mass is 35.5. The van der Waals surface area contributed by atoms with Crippen molar-refractivity contribution in [2.24, 2.45) is 17.6 Å². The Bertz CT molecular complexity index is 567. The maximum Gasteiger partial charge on any atom is 0.418 e. The Kier molecular flexibility index (Phi) is 4.67. The number of carbonyl (C=O) groups excluding carboxylic acids is 1. The third kappa shape index (κ3) is 2.92. The molecule has 1 amide bonds. The molecule has 22 heavy (non-hydrogen) atoms. The molecule has 0 bridgehead atoms. The summed E-state index contributed by atoms with van der Waals surface area (Å²) < 4.78 is 38.9. The summed E-state index contributed by atoms with van der Waals surface area (Å²) in [6.07, 6.45) is -1.50. The Morgan fingerprint density at radius 2 is 2.05 bits per heavy atom. The molecule has 3 unspecified atom stereocenters. The van der Waals surface area contributed by atoms with Crippen LogP contribution in [0.2, 0.25) is 0 Å². The van der Waals surface area contributed by atoms with Crippen molar-refractivity contribution >= 4 is 18.3 Å². The summed E-state index contributed by atoms with van der Waals surface area (Å²) in [5.74, 6) is -0.140. The van der Waals surface area contributed by atoms with Gasteiger partial charge in [0.15, 0.2) is 0 Å². The van der Waals surface area contributed by atoms with Gasteiger partial charge in [0.2, 0.25) is 0 Å². The summed E-state index contributed by atoms with van der Waals surface area (Å²) in [6, 6.07) is 2.12. The van der Waals surface area contributed by atoms with E-state index in [9.17, 15) is 18.0 Å². The molecule has 2 heterocycles. The van der Waals surface area contributed by atoms with Crippen molar-refractivity contribution in [2.75, 3.05) is 13.1 Å². The molecule has 0 spiro atoms. The van der Waals surface area contributed by atoms with Crippen LogP contribution in [-0.2, 0) is 6.18 Å². The number of carbonyl (C=O) groups is 1. The number of nitrogens with two attached hydrogens (primary N) is 1. The highest BCUT2D eigenvalue weighted by molar-refractivity contribution is 5.94. The Morgan fingerprint density at radius 3 is 2.68 bits per heavy atom. The number of rotatable bonds is 1. The Hall–Kier alpha value is -1.34. The smallest absolute Gasteiger partial charge is 0.337 e. The van der Waals surface area contributed by atoms with Crippen LogP contribution < -0.4 is 5.73 Å². The molecule has 1 aliphatic heterocycles. The molecule has 1 aromatic rings. The molecule has 2 N–H and O–H groups in total. The van der Waals surface area contributed by atoms with E-state index in [1.165, 1.54) is 17.2 Å². The second-order valence-corrected chi connectivity index (χ2v) is 5.77. The van der Waals surface area contributed by atoms with Crippen LogP contribution in [0, 0.1) is 11.8 Å². The lowest BCUT2D eigenvalue weighted by atomic mass is 9.98. The van der Waals surface area contributed by atoms with Crippen LogP contribution in [0.3, 0.4) is 0 Å². The third-order valence-electron chi connectivity index (χ3n) is 4.52. The van der Waals surface area contributed by atoms with E-state index in [2.05, 4.69) is 4.98 Å². The van der Waals surface area contributed by atoms with Crippen LogP contribution in [0.1, 0.15) is 28.9 Å². The average Bonchev–Trinajstić information content (AvgIpc) is 3.00. The largest absolute Gasteiger partial charge is 0.418 e.